The molecule has 0 radical (unpaired) electrons. The highest BCUT2D eigenvalue weighted by Gasteiger charge is 2.40. The third-order valence-electron chi connectivity index (χ3n) is 6.70. The quantitative estimate of drug-likeness (QED) is 0.522. The number of nitrogen functional groups attached to an aromatic ring is 1. The van der Waals surface area contributed by atoms with Crippen molar-refractivity contribution >= 4 is 21.5 Å². The fraction of sp³-hybridized carbons (Fsp3) is 0.391. The molecular formula is C23H24FN7O2S. The number of aryl methyl sites for hydroxylation is 2. The van der Waals surface area contributed by atoms with Crippen molar-refractivity contribution in [3.05, 3.63) is 52.9 Å². The zero-order chi connectivity index (χ0) is 24.2. The molecule has 2 aliphatic rings. The molecule has 0 spiro atoms. The van der Waals surface area contributed by atoms with Gasteiger partial charge >= 0.3 is 0 Å². The van der Waals surface area contributed by atoms with Gasteiger partial charge in [0, 0.05) is 13.5 Å². The summed E-state index contributed by atoms with van der Waals surface area (Å²) in [4.78, 5) is 9.04. The minimum atomic E-state index is -3.61. The number of anilines is 2. The van der Waals surface area contributed by atoms with Gasteiger partial charge in [-0.1, -0.05) is 6.92 Å². The molecule has 4 heterocycles. The van der Waals surface area contributed by atoms with Crippen LogP contribution in [0, 0.1) is 17.1 Å². The lowest BCUT2D eigenvalue weighted by molar-refractivity contribution is 0.590. The molecule has 34 heavy (non-hydrogen) atoms. The number of nitrogens with zero attached hydrogens (tertiary/aromatic N) is 6. The third kappa shape index (κ3) is 3.58. The summed E-state index contributed by atoms with van der Waals surface area (Å²) in [5.41, 5.74) is 9.69. The first-order valence-corrected chi connectivity index (χ1v) is 12.7. The Bertz CT molecular complexity index is 1440. The van der Waals surface area contributed by atoms with Gasteiger partial charge in [-0.2, -0.15) is 10.4 Å². The zero-order valence-electron chi connectivity index (χ0n) is 18.9. The number of hydrogen-bond donors (Lipinski definition) is 1. The van der Waals surface area contributed by atoms with Gasteiger partial charge in [0.25, 0.3) is 0 Å². The van der Waals surface area contributed by atoms with E-state index in [4.69, 9.17) is 10.7 Å². The van der Waals surface area contributed by atoms with E-state index >= 15 is 0 Å². The van der Waals surface area contributed by atoms with Gasteiger partial charge in [-0.3, -0.25) is 8.99 Å². The average Bonchev–Trinajstić information content (AvgIpc) is 3.27. The first-order valence-electron chi connectivity index (χ1n) is 11.1. The smallest absolute Gasteiger partial charge is 0.235 e. The van der Waals surface area contributed by atoms with Crippen LogP contribution in [0.1, 0.15) is 48.3 Å². The molecule has 2 N–H and O–H groups in total. The normalized spacial score (nSPS) is 21.3. The molecule has 1 unspecified atom stereocenters. The van der Waals surface area contributed by atoms with Gasteiger partial charge in [-0.05, 0) is 48.9 Å². The molecule has 0 amide bonds. The van der Waals surface area contributed by atoms with Gasteiger partial charge in [0.15, 0.2) is 0 Å². The Balaban J connectivity index is 1.76. The van der Waals surface area contributed by atoms with Crippen molar-refractivity contribution in [2.75, 3.05) is 15.8 Å². The fourth-order valence-electron chi connectivity index (χ4n) is 4.97. The van der Waals surface area contributed by atoms with Crippen LogP contribution in [-0.4, -0.2) is 40.0 Å². The van der Waals surface area contributed by atoms with Crippen LogP contribution in [-0.2, 0) is 29.9 Å². The SMILES string of the molecule is C[C@H]1CCc2nc(cnc2N)-c2c(nn(C)c2C#N)CC2CCS(=O)(=O)N2c2ccc(F)cc21. The van der Waals surface area contributed by atoms with Crippen LogP contribution >= 0.6 is 0 Å². The lowest BCUT2D eigenvalue weighted by Crippen LogP contribution is -2.35. The Kier molecular flexibility index (Phi) is 5.28. The summed E-state index contributed by atoms with van der Waals surface area (Å²) < 4.78 is 43.6. The summed E-state index contributed by atoms with van der Waals surface area (Å²) in [6.45, 7) is 1.94. The van der Waals surface area contributed by atoms with Gasteiger partial charge in [0.2, 0.25) is 10.0 Å². The predicted octanol–water partition coefficient (Wildman–Crippen LogP) is 2.67. The van der Waals surface area contributed by atoms with Crippen molar-refractivity contribution in [3.63, 3.8) is 0 Å². The van der Waals surface area contributed by atoms with E-state index in [1.807, 2.05) is 6.92 Å². The lowest BCUT2D eigenvalue weighted by Gasteiger charge is -2.29. The van der Waals surface area contributed by atoms with Crippen molar-refractivity contribution in [1.82, 2.24) is 19.7 Å². The highest BCUT2D eigenvalue weighted by molar-refractivity contribution is 7.93. The maximum Gasteiger partial charge on any atom is 0.235 e. The van der Waals surface area contributed by atoms with Gasteiger partial charge in [-0.25, -0.2) is 22.8 Å². The van der Waals surface area contributed by atoms with Gasteiger partial charge in [0.1, 0.15) is 23.4 Å². The summed E-state index contributed by atoms with van der Waals surface area (Å²) in [6.07, 6.45) is 3.21. The van der Waals surface area contributed by atoms with Crippen LogP contribution in [0.4, 0.5) is 15.9 Å². The second-order valence-electron chi connectivity index (χ2n) is 8.89. The van der Waals surface area contributed by atoms with E-state index in [2.05, 4.69) is 16.2 Å². The lowest BCUT2D eigenvalue weighted by atomic mass is 9.93. The van der Waals surface area contributed by atoms with E-state index < -0.39 is 21.9 Å². The molecule has 1 fully saturated rings. The maximum absolute atomic E-state index is 14.3. The molecule has 1 saturated heterocycles. The minimum absolute atomic E-state index is 0.0119. The van der Waals surface area contributed by atoms with Crippen LogP contribution in [0.2, 0.25) is 0 Å². The van der Waals surface area contributed by atoms with Crippen LogP contribution < -0.4 is 10.0 Å². The number of nitrogens with two attached hydrogens (primary N) is 1. The van der Waals surface area contributed by atoms with Crippen LogP contribution in [0.25, 0.3) is 11.3 Å². The molecule has 2 aliphatic heterocycles. The number of benzene rings is 1. The van der Waals surface area contributed by atoms with Crippen molar-refractivity contribution in [2.24, 2.45) is 7.05 Å². The largest absolute Gasteiger partial charge is 0.382 e. The first kappa shape index (κ1) is 22.3. The van der Waals surface area contributed by atoms with Gasteiger partial charge in [-0.15, -0.1) is 0 Å². The summed E-state index contributed by atoms with van der Waals surface area (Å²) in [7, 11) is -1.94. The molecule has 2 aromatic heterocycles. The topological polar surface area (TPSA) is 131 Å². The number of halogens is 1. The Morgan fingerprint density at radius 1 is 1.26 bits per heavy atom. The predicted molar refractivity (Wildman–Crippen MR) is 125 cm³/mol. The fourth-order valence-corrected chi connectivity index (χ4v) is 6.84. The number of nitriles is 1. The average molecular weight is 482 g/mol. The molecule has 2 bridgehead atoms. The Labute approximate surface area is 197 Å². The molecule has 11 heteroatoms. The standard InChI is InChI=1S/C23H24FN7O2S/c1-13-3-5-17-23(26)27-12-19(28-17)22-18(29-30(2)21(22)11-25)10-15-7-8-34(32,33)31(15)20-6-4-14(24)9-16(13)20/h4,6,9,12-13,15H,3,5,7-8,10H2,1-2H3,(H2,26,27)/t13-,15?/m0/s1. The second kappa shape index (κ2) is 8.06. The number of aromatic nitrogens is 4. The highest BCUT2D eigenvalue weighted by Crippen LogP contribution is 2.39. The summed E-state index contributed by atoms with van der Waals surface area (Å²) >= 11 is 0. The van der Waals surface area contributed by atoms with Crippen LogP contribution in [0.5, 0.6) is 0 Å². The van der Waals surface area contributed by atoms with E-state index in [-0.39, 0.29) is 23.9 Å². The summed E-state index contributed by atoms with van der Waals surface area (Å²) in [5, 5.41) is 14.4. The zero-order valence-corrected chi connectivity index (χ0v) is 19.7. The number of sulfonamides is 1. The number of rotatable bonds is 0. The molecule has 0 saturated carbocycles. The minimum Gasteiger partial charge on any atom is -0.382 e. The molecule has 2 atom stereocenters. The third-order valence-corrected chi connectivity index (χ3v) is 8.55. The van der Waals surface area contributed by atoms with Crippen LogP contribution in [0.15, 0.2) is 24.4 Å². The molecule has 0 aliphatic carbocycles. The highest BCUT2D eigenvalue weighted by atomic mass is 32.2. The number of hydrogen-bond acceptors (Lipinski definition) is 7. The van der Waals surface area contributed by atoms with Crippen LogP contribution in [0.3, 0.4) is 0 Å². The summed E-state index contributed by atoms with van der Waals surface area (Å²) in [5.74, 6) is -0.306. The second-order valence-corrected chi connectivity index (χ2v) is 10.9. The van der Waals surface area contributed by atoms with E-state index in [1.54, 1.807) is 13.1 Å². The van der Waals surface area contributed by atoms with Crippen molar-refractivity contribution in [2.45, 2.75) is 44.6 Å². The molecule has 1 aromatic carbocycles. The molecular weight excluding hydrogens is 457 g/mol. The van der Waals surface area contributed by atoms with Gasteiger partial charge in [0.05, 0.1) is 46.3 Å². The van der Waals surface area contributed by atoms with E-state index in [0.29, 0.717) is 58.9 Å². The Morgan fingerprint density at radius 2 is 2.06 bits per heavy atom. The van der Waals surface area contributed by atoms with Crippen molar-refractivity contribution in [3.8, 4) is 17.3 Å². The maximum atomic E-state index is 14.3. The molecule has 5 rings (SSSR count). The monoisotopic (exact) mass is 481 g/mol. The summed E-state index contributed by atoms with van der Waals surface area (Å²) in [6, 6.07) is 6.01. The first-order chi connectivity index (χ1) is 16.2. The molecule has 9 nitrogen and oxygen atoms in total. The molecule has 176 valence electrons. The van der Waals surface area contributed by atoms with Crippen molar-refractivity contribution < 1.29 is 12.8 Å². The number of fused-ring (bicyclic) bond motifs is 7. The van der Waals surface area contributed by atoms with E-state index in [1.165, 1.54) is 27.3 Å². The van der Waals surface area contributed by atoms with Gasteiger partial charge < -0.3 is 5.73 Å². The Morgan fingerprint density at radius 3 is 2.82 bits per heavy atom. The van der Waals surface area contributed by atoms with Crippen molar-refractivity contribution in [1.29, 1.82) is 5.26 Å². The van der Waals surface area contributed by atoms with E-state index in [9.17, 15) is 18.1 Å². The van der Waals surface area contributed by atoms with E-state index in [0.717, 1.165) is 0 Å². The Hall–Kier alpha value is -3.52. The molecule has 3 aromatic rings.